The Hall–Kier alpha value is -1.74. The first-order valence-electron chi connectivity index (χ1n) is 15.0. The van der Waals surface area contributed by atoms with E-state index in [0.29, 0.717) is 9.79 Å². The molecule has 4 aliphatic rings. The van der Waals surface area contributed by atoms with Crippen LogP contribution < -0.4 is 0 Å². The van der Waals surface area contributed by atoms with Crippen LogP contribution in [0.25, 0.3) is 0 Å². The first kappa shape index (κ1) is 29.7. The molecule has 2 fully saturated rings. The maximum absolute atomic E-state index is 12.7. The topological polar surface area (TPSA) is 93.3 Å². The Bertz CT molecular complexity index is 1330. The van der Waals surface area contributed by atoms with Gasteiger partial charge in [-0.1, -0.05) is 89.8 Å². The second kappa shape index (κ2) is 11.2. The highest BCUT2D eigenvalue weighted by Gasteiger charge is 2.60. The minimum absolute atomic E-state index is 0.0136. The van der Waals surface area contributed by atoms with Gasteiger partial charge in [0.25, 0.3) is 0 Å². The van der Waals surface area contributed by atoms with Crippen LogP contribution in [0.1, 0.15) is 102 Å². The summed E-state index contributed by atoms with van der Waals surface area (Å²) in [4.78, 5) is 0.971. The summed E-state index contributed by atoms with van der Waals surface area (Å²) in [5.74, 6) is 0.462. The van der Waals surface area contributed by atoms with Crippen molar-refractivity contribution in [1.82, 2.24) is 0 Å². The average Bonchev–Trinajstić information content (AvgIpc) is 3.87. The van der Waals surface area contributed by atoms with Gasteiger partial charge < -0.3 is 9.47 Å². The fraction of sp³-hybridized carbons (Fsp3) is 0.625. The highest BCUT2D eigenvalue weighted by molar-refractivity contribution is 7.91. The molecule has 0 amide bonds. The van der Waals surface area contributed by atoms with Crippen molar-refractivity contribution in [1.29, 1.82) is 0 Å². The molecule has 2 saturated heterocycles. The molecule has 40 heavy (non-hydrogen) atoms. The van der Waals surface area contributed by atoms with Crippen molar-refractivity contribution >= 4 is 19.7 Å². The fourth-order valence-corrected chi connectivity index (χ4v) is 11.7. The zero-order valence-corrected chi connectivity index (χ0v) is 25.9. The average molecular weight is 589 g/mol. The van der Waals surface area contributed by atoms with Gasteiger partial charge in [0.15, 0.2) is 19.7 Å². The van der Waals surface area contributed by atoms with Gasteiger partial charge in [-0.3, -0.25) is 0 Å². The molecule has 0 bridgehead atoms. The molecule has 2 aromatic rings. The number of benzene rings is 2. The van der Waals surface area contributed by atoms with E-state index in [1.165, 1.54) is 0 Å². The van der Waals surface area contributed by atoms with E-state index in [0.717, 1.165) is 62.5 Å². The number of ether oxygens (including phenoxy) is 2. The zero-order valence-electron chi connectivity index (χ0n) is 24.3. The van der Waals surface area contributed by atoms with Crippen LogP contribution in [0.5, 0.6) is 0 Å². The Morgan fingerprint density at radius 3 is 1.38 bits per heavy atom. The third kappa shape index (κ3) is 5.30. The monoisotopic (exact) mass is 588 g/mol. The second-order valence-electron chi connectivity index (χ2n) is 12.2. The maximum Gasteiger partial charge on any atom is 0.179 e. The summed E-state index contributed by atoms with van der Waals surface area (Å²) >= 11 is 0. The van der Waals surface area contributed by atoms with E-state index in [1.54, 1.807) is 24.3 Å². The van der Waals surface area contributed by atoms with Gasteiger partial charge in [0.2, 0.25) is 0 Å². The Morgan fingerprint density at radius 1 is 0.650 bits per heavy atom. The van der Waals surface area contributed by atoms with Gasteiger partial charge in [-0.2, -0.15) is 0 Å². The molecule has 0 unspecified atom stereocenters. The highest BCUT2D eigenvalue weighted by atomic mass is 32.2. The Labute approximate surface area is 240 Å². The number of hydrogen-bond donors (Lipinski definition) is 0. The molecule has 0 N–H and O–H groups in total. The molecular weight excluding hydrogens is 544 g/mol. The van der Waals surface area contributed by atoms with Gasteiger partial charge in [0, 0.05) is 22.0 Å². The third-order valence-electron chi connectivity index (χ3n) is 9.73. The van der Waals surface area contributed by atoms with Crippen LogP contribution >= 0.6 is 0 Å². The predicted molar refractivity (Wildman–Crippen MR) is 157 cm³/mol. The van der Waals surface area contributed by atoms with E-state index in [2.05, 4.69) is 27.7 Å². The SMILES string of the molecule is CCCC[C@]1(CC)CS(=O)(=O)c2ccccc2[C@@H]2O[C@@H]21.CCCC[C@]1(CC)CS(=O)(=O)c2ccccc2[C@H]2O[C@H]21. The van der Waals surface area contributed by atoms with Crippen LogP contribution in [0.3, 0.4) is 0 Å². The standard InChI is InChI=1S/2C16H22O3S/c2*1-3-5-10-16(4-2)11-20(17,18)13-9-7-6-8-12(13)14-15(16)19-14/h2*6-9,14-15H,3-5,10-11H2,1-2H3/t14-,15-,16+;14-,15-,16-/m01/s1. The number of rotatable bonds is 8. The molecule has 4 heterocycles. The van der Waals surface area contributed by atoms with E-state index in [1.807, 2.05) is 24.3 Å². The maximum atomic E-state index is 12.7. The molecule has 2 aromatic carbocycles. The molecular formula is C32H44O6S2. The molecule has 0 spiro atoms. The third-order valence-corrected chi connectivity index (χ3v) is 13.7. The molecule has 0 radical (unpaired) electrons. The largest absolute Gasteiger partial charge is 0.364 e. The number of fused-ring (bicyclic) bond motifs is 6. The van der Waals surface area contributed by atoms with E-state index in [9.17, 15) is 16.8 Å². The van der Waals surface area contributed by atoms with E-state index < -0.39 is 19.7 Å². The van der Waals surface area contributed by atoms with Crippen molar-refractivity contribution in [2.45, 2.75) is 113 Å². The smallest absolute Gasteiger partial charge is 0.179 e. The van der Waals surface area contributed by atoms with E-state index in [4.69, 9.17) is 9.47 Å². The Kier molecular flexibility index (Phi) is 8.30. The summed E-state index contributed by atoms with van der Waals surface area (Å²) in [7, 11) is -6.42. The van der Waals surface area contributed by atoms with Crippen molar-refractivity contribution in [2.75, 3.05) is 11.5 Å². The first-order valence-corrected chi connectivity index (χ1v) is 18.3. The summed E-state index contributed by atoms with van der Waals surface area (Å²) in [5.41, 5.74) is 1.31. The summed E-state index contributed by atoms with van der Waals surface area (Å²) in [5, 5.41) is 0. The molecule has 0 saturated carbocycles. The highest BCUT2D eigenvalue weighted by Crippen LogP contribution is 2.58. The van der Waals surface area contributed by atoms with Crippen LogP contribution in [-0.4, -0.2) is 40.5 Å². The Morgan fingerprint density at radius 2 is 1.02 bits per heavy atom. The predicted octanol–water partition coefficient (Wildman–Crippen LogP) is 7.00. The molecule has 0 aromatic heterocycles. The van der Waals surface area contributed by atoms with Crippen molar-refractivity contribution in [3.63, 3.8) is 0 Å². The quantitative estimate of drug-likeness (QED) is 0.308. The molecule has 8 heteroatoms. The van der Waals surface area contributed by atoms with Crippen LogP contribution in [0, 0.1) is 10.8 Å². The lowest BCUT2D eigenvalue weighted by atomic mass is 9.77. The summed E-state index contributed by atoms with van der Waals surface area (Å²) in [6.45, 7) is 8.49. The number of unbranched alkanes of at least 4 members (excludes halogenated alkanes) is 2. The van der Waals surface area contributed by atoms with Gasteiger partial charge in [0.05, 0.1) is 33.5 Å². The molecule has 6 rings (SSSR count). The number of sulfone groups is 2. The molecule has 220 valence electrons. The summed E-state index contributed by atoms with van der Waals surface area (Å²) in [6, 6.07) is 14.7. The lowest BCUT2D eigenvalue weighted by Crippen LogP contribution is -2.34. The van der Waals surface area contributed by atoms with Gasteiger partial charge in [-0.05, 0) is 37.8 Å². The van der Waals surface area contributed by atoms with E-state index >= 15 is 0 Å². The van der Waals surface area contributed by atoms with Crippen LogP contribution in [0.2, 0.25) is 0 Å². The number of epoxide rings is 2. The second-order valence-corrected chi connectivity index (χ2v) is 16.1. The molecule has 6 atom stereocenters. The molecule has 4 aliphatic heterocycles. The van der Waals surface area contributed by atoms with Crippen LogP contribution in [-0.2, 0) is 29.1 Å². The molecule has 0 aliphatic carbocycles. The minimum Gasteiger partial charge on any atom is -0.364 e. The molecule has 6 nitrogen and oxygen atoms in total. The first-order chi connectivity index (χ1) is 19.1. The summed E-state index contributed by atoms with van der Waals surface area (Å²) < 4.78 is 62.8. The minimum atomic E-state index is -3.21. The van der Waals surface area contributed by atoms with Crippen LogP contribution in [0.15, 0.2) is 58.3 Å². The van der Waals surface area contributed by atoms with Crippen LogP contribution in [0.4, 0.5) is 0 Å². The zero-order chi connectivity index (χ0) is 28.8. The lowest BCUT2D eigenvalue weighted by Gasteiger charge is -2.30. The van der Waals surface area contributed by atoms with Gasteiger partial charge in [-0.15, -0.1) is 0 Å². The van der Waals surface area contributed by atoms with Crippen molar-refractivity contribution < 1.29 is 26.3 Å². The van der Waals surface area contributed by atoms with Crippen molar-refractivity contribution in [2.24, 2.45) is 10.8 Å². The van der Waals surface area contributed by atoms with Gasteiger partial charge in [-0.25, -0.2) is 16.8 Å². The van der Waals surface area contributed by atoms with E-state index in [-0.39, 0.29) is 46.8 Å². The van der Waals surface area contributed by atoms with Gasteiger partial charge in [0.1, 0.15) is 12.2 Å². The normalized spacial score (nSPS) is 33.9. The number of hydrogen-bond acceptors (Lipinski definition) is 6. The van der Waals surface area contributed by atoms with Gasteiger partial charge >= 0.3 is 0 Å². The lowest BCUT2D eigenvalue weighted by molar-refractivity contribution is 0.192. The Balaban J connectivity index is 0.000000161. The van der Waals surface area contributed by atoms with Crippen molar-refractivity contribution in [3.05, 3.63) is 59.7 Å². The summed E-state index contributed by atoms with van der Waals surface area (Å²) in [6.07, 6.45) is 8.04. The fourth-order valence-electron chi connectivity index (χ4n) is 7.15. The van der Waals surface area contributed by atoms with Crippen molar-refractivity contribution in [3.8, 4) is 0 Å².